The molecule has 2 aliphatic heterocycles. The van der Waals surface area contributed by atoms with E-state index in [-0.39, 0.29) is 18.7 Å². The summed E-state index contributed by atoms with van der Waals surface area (Å²) in [6, 6.07) is 15.3. The highest BCUT2D eigenvalue weighted by Gasteiger charge is 2.36. The maximum atomic E-state index is 13.2. The van der Waals surface area contributed by atoms with Gasteiger partial charge in [-0.15, -0.1) is 0 Å². The number of nitrogens with one attached hydrogen (secondary N) is 2. The average Bonchev–Trinajstić information content (AvgIpc) is 2.85. The SMILES string of the molecule is CCOC(=O)C1=C(CN2CCN(c3ccc(C)cc3)[C@@H](C)C2)NC(=O)N[C@@H]1c1ccccc1OCC. The highest BCUT2D eigenvalue weighted by atomic mass is 16.5. The Labute approximate surface area is 213 Å². The Kier molecular flexibility index (Phi) is 8.15. The maximum absolute atomic E-state index is 13.2. The third kappa shape index (κ3) is 5.65. The zero-order valence-electron chi connectivity index (χ0n) is 21.5. The Morgan fingerprint density at radius 1 is 1.06 bits per heavy atom. The van der Waals surface area contributed by atoms with E-state index in [0.717, 1.165) is 25.2 Å². The molecule has 0 bridgehead atoms. The molecule has 2 heterocycles. The molecule has 2 aromatic rings. The number of esters is 1. The first-order valence-corrected chi connectivity index (χ1v) is 12.7. The van der Waals surface area contributed by atoms with Crippen LogP contribution in [0.25, 0.3) is 0 Å². The van der Waals surface area contributed by atoms with Crippen LogP contribution in [0.4, 0.5) is 10.5 Å². The van der Waals surface area contributed by atoms with Gasteiger partial charge in [0.05, 0.1) is 24.8 Å². The second-order valence-corrected chi connectivity index (χ2v) is 9.23. The van der Waals surface area contributed by atoms with E-state index in [1.54, 1.807) is 6.92 Å². The minimum absolute atomic E-state index is 0.246. The van der Waals surface area contributed by atoms with Gasteiger partial charge in [0.2, 0.25) is 0 Å². The first-order chi connectivity index (χ1) is 17.4. The number of nitrogens with zero attached hydrogens (tertiary/aromatic N) is 2. The summed E-state index contributed by atoms with van der Waals surface area (Å²) in [6.07, 6.45) is 0. The number of rotatable bonds is 8. The number of carbonyl (C=O) groups excluding carboxylic acids is 2. The van der Waals surface area contributed by atoms with Gasteiger partial charge in [0, 0.05) is 49.2 Å². The summed E-state index contributed by atoms with van der Waals surface area (Å²) in [5.41, 5.74) is 4.17. The van der Waals surface area contributed by atoms with Gasteiger partial charge >= 0.3 is 12.0 Å². The molecule has 0 saturated carbocycles. The zero-order valence-corrected chi connectivity index (χ0v) is 21.5. The van der Waals surface area contributed by atoms with Crippen LogP contribution in [-0.2, 0) is 9.53 Å². The van der Waals surface area contributed by atoms with Crippen molar-refractivity contribution < 1.29 is 19.1 Å². The fraction of sp³-hybridized carbons (Fsp3) is 0.429. The van der Waals surface area contributed by atoms with E-state index in [4.69, 9.17) is 9.47 Å². The predicted molar refractivity (Wildman–Crippen MR) is 140 cm³/mol. The molecule has 2 aliphatic rings. The number of ether oxygens (including phenoxy) is 2. The molecule has 0 radical (unpaired) electrons. The van der Waals surface area contributed by atoms with E-state index in [0.29, 0.717) is 30.2 Å². The molecule has 8 heteroatoms. The number of urea groups is 1. The van der Waals surface area contributed by atoms with E-state index in [1.165, 1.54) is 11.3 Å². The molecule has 4 rings (SSSR count). The predicted octanol–water partition coefficient (Wildman–Crippen LogP) is 3.78. The summed E-state index contributed by atoms with van der Waals surface area (Å²) < 4.78 is 11.2. The van der Waals surface area contributed by atoms with Gasteiger partial charge in [-0.3, -0.25) is 4.90 Å². The van der Waals surface area contributed by atoms with Gasteiger partial charge in [-0.25, -0.2) is 9.59 Å². The quantitative estimate of drug-likeness (QED) is 0.546. The summed E-state index contributed by atoms with van der Waals surface area (Å²) in [4.78, 5) is 30.6. The normalized spacial score (nSPS) is 20.6. The van der Waals surface area contributed by atoms with Crippen molar-refractivity contribution in [1.82, 2.24) is 15.5 Å². The summed E-state index contributed by atoms with van der Waals surface area (Å²) in [5.74, 6) is 0.191. The highest BCUT2D eigenvalue weighted by Crippen LogP contribution is 2.34. The van der Waals surface area contributed by atoms with Crippen LogP contribution in [0.2, 0.25) is 0 Å². The minimum Gasteiger partial charge on any atom is -0.494 e. The van der Waals surface area contributed by atoms with Crippen molar-refractivity contribution in [2.45, 2.75) is 39.8 Å². The van der Waals surface area contributed by atoms with E-state index in [1.807, 2.05) is 31.2 Å². The van der Waals surface area contributed by atoms with Gasteiger partial charge in [0.1, 0.15) is 5.75 Å². The molecule has 0 spiro atoms. The molecule has 2 N–H and O–H groups in total. The molecule has 0 aliphatic carbocycles. The number of benzene rings is 2. The topological polar surface area (TPSA) is 83.1 Å². The summed E-state index contributed by atoms with van der Waals surface area (Å²) >= 11 is 0. The number of amides is 2. The van der Waals surface area contributed by atoms with Gasteiger partial charge in [-0.05, 0) is 45.9 Å². The van der Waals surface area contributed by atoms with Crippen LogP contribution in [0.5, 0.6) is 5.75 Å². The van der Waals surface area contributed by atoms with Crippen LogP contribution >= 0.6 is 0 Å². The number of para-hydroxylation sites is 1. The van der Waals surface area contributed by atoms with Crippen LogP contribution in [0.15, 0.2) is 59.8 Å². The second kappa shape index (κ2) is 11.5. The average molecular weight is 493 g/mol. The Morgan fingerprint density at radius 2 is 1.81 bits per heavy atom. The van der Waals surface area contributed by atoms with Crippen molar-refractivity contribution in [2.24, 2.45) is 0 Å². The maximum Gasteiger partial charge on any atom is 0.338 e. The molecule has 2 atom stereocenters. The monoisotopic (exact) mass is 492 g/mol. The number of hydrogen-bond donors (Lipinski definition) is 2. The van der Waals surface area contributed by atoms with Crippen molar-refractivity contribution in [1.29, 1.82) is 0 Å². The third-order valence-electron chi connectivity index (χ3n) is 6.64. The first kappa shape index (κ1) is 25.6. The molecule has 1 saturated heterocycles. The summed E-state index contributed by atoms with van der Waals surface area (Å²) in [5, 5.41) is 5.82. The zero-order chi connectivity index (χ0) is 25.7. The van der Waals surface area contributed by atoms with Crippen LogP contribution in [0.3, 0.4) is 0 Å². The first-order valence-electron chi connectivity index (χ1n) is 12.7. The van der Waals surface area contributed by atoms with Gasteiger partial charge in [-0.2, -0.15) is 0 Å². The lowest BCUT2D eigenvalue weighted by Gasteiger charge is -2.42. The fourth-order valence-electron chi connectivity index (χ4n) is 4.95. The van der Waals surface area contributed by atoms with Crippen molar-refractivity contribution in [2.75, 3.05) is 44.3 Å². The van der Waals surface area contributed by atoms with Gasteiger partial charge < -0.3 is 25.0 Å². The lowest BCUT2D eigenvalue weighted by molar-refractivity contribution is -0.139. The van der Waals surface area contributed by atoms with Crippen molar-refractivity contribution in [3.63, 3.8) is 0 Å². The molecule has 192 valence electrons. The second-order valence-electron chi connectivity index (χ2n) is 9.23. The Bertz CT molecular complexity index is 1110. The minimum atomic E-state index is -0.665. The van der Waals surface area contributed by atoms with E-state index < -0.39 is 12.0 Å². The van der Waals surface area contributed by atoms with Crippen molar-refractivity contribution in [3.8, 4) is 5.75 Å². The number of carbonyl (C=O) groups is 2. The van der Waals surface area contributed by atoms with Crippen molar-refractivity contribution in [3.05, 3.63) is 70.9 Å². The van der Waals surface area contributed by atoms with Crippen LogP contribution < -0.4 is 20.3 Å². The van der Waals surface area contributed by atoms with Gasteiger partial charge in [0.25, 0.3) is 0 Å². The summed E-state index contributed by atoms with van der Waals surface area (Å²) in [6.45, 7) is 11.6. The smallest absolute Gasteiger partial charge is 0.338 e. The summed E-state index contributed by atoms with van der Waals surface area (Å²) in [7, 11) is 0. The molecule has 2 aromatic carbocycles. The van der Waals surface area contributed by atoms with Gasteiger partial charge in [-0.1, -0.05) is 35.9 Å². The Hall–Kier alpha value is -3.52. The molecule has 0 aromatic heterocycles. The van der Waals surface area contributed by atoms with E-state index in [2.05, 4.69) is 58.5 Å². The lowest BCUT2D eigenvalue weighted by atomic mass is 9.94. The van der Waals surface area contributed by atoms with E-state index >= 15 is 0 Å². The molecular weight excluding hydrogens is 456 g/mol. The number of piperazine rings is 1. The highest BCUT2D eigenvalue weighted by molar-refractivity contribution is 5.95. The number of aryl methyl sites for hydroxylation is 1. The van der Waals surface area contributed by atoms with Gasteiger partial charge in [0.15, 0.2) is 0 Å². The third-order valence-corrected chi connectivity index (χ3v) is 6.64. The molecule has 1 fully saturated rings. The van der Waals surface area contributed by atoms with Crippen molar-refractivity contribution >= 4 is 17.7 Å². The molecule has 0 unspecified atom stereocenters. The van der Waals surface area contributed by atoms with Crippen LogP contribution in [0, 0.1) is 6.92 Å². The molecule has 2 amide bonds. The standard InChI is InChI=1S/C28H36N4O4/c1-5-35-24-10-8-7-9-22(24)26-25(27(33)36-6-2)23(29-28(34)30-26)18-31-15-16-32(20(4)17-31)21-13-11-19(3)12-14-21/h7-14,20,26H,5-6,15-18H2,1-4H3,(H2,29,30,34)/t20-,26+/m0/s1. The molecule has 8 nitrogen and oxygen atoms in total. The van der Waals surface area contributed by atoms with Crippen LogP contribution in [0.1, 0.15) is 37.9 Å². The number of anilines is 1. The van der Waals surface area contributed by atoms with E-state index in [9.17, 15) is 9.59 Å². The Balaban J connectivity index is 1.61. The molecule has 36 heavy (non-hydrogen) atoms. The largest absolute Gasteiger partial charge is 0.494 e. The van der Waals surface area contributed by atoms with Crippen LogP contribution in [-0.4, -0.2) is 62.3 Å². The lowest BCUT2D eigenvalue weighted by Crippen LogP contribution is -2.54. The number of hydrogen-bond acceptors (Lipinski definition) is 6. The fourth-order valence-corrected chi connectivity index (χ4v) is 4.95. The Morgan fingerprint density at radius 3 is 2.50 bits per heavy atom. The molecular formula is C28H36N4O4.